The molecule has 2 N–H and O–H groups in total. The van der Waals surface area contributed by atoms with Crippen LogP contribution < -0.4 is 10.6 Å². The third-order valence-corrected chi connectivity index (χ3v) is 2.11. The van der Waals surface area contributed by atoms with E-state index in [0.29, 0.717) is 6.42 Å². The summed E-state index contributed by atoms with van der Waals surface area (Å²) in [6.07, 6.45) is 2.67. The number of rotatable bonds is 3. The van der Waals surface area contributed by atoms with Crippen LogP contribution in [0.4, 0.5) is 4.79 Å². The van der Waals surface area contributed by atoms with Gasteiger partial charge in [-0.3, -0.25) is 10.1 Å². The molecule has 62 valence electrons. The molecule has 1 saturated heterocycles. The van der Waals surface area contributed by atoms with Crippen molar-refractivity contribution in [2.45, 2.75) is 12.5 Å². The molecule has 1 heterocycles. The van der Waals surface area contributed by atoms with Crippen LogP contribution in [0, 0.1) is 0 Å². The summed E-state index contributed by atoms with van der Waals surface area (Å²) in [6, 6.07) is -0.684. The summed E-state index contributed by atoms with van der Waals surface area (Å²) < 4.78 is 0. The van der Waals surface area contributed by atoms with Crippen LogP contribution in [0.1, 0.15) is 6.42 Å². The number of thioether (sulfide) groups is 1. The monoisotopic (exact) mass is 174 g/mol. The van der Waals surface area contributed by atoms with Gasteiger partial charge >= 0.3 is 6.03 Å². The lowest BCUT2D eigenvalue weighted by Gasteiger charge is -2.03. The van der Waals surface area contributed by atoms with E-state index in [1.54, 1.807) is 11.8 Å². The fourth-order valence-electron chi connectivity index (χ4n) is 0.898. The molecule has 0 aromatic rings. The molecule has 0 bridgehead atoms. The van der Waals surface area contributed by atoms with Gasteiger partial charge < -0.3 is 5.32 Å². The zero-order valence-corrected chi connectivity index (χ0v) is 7.03. The van der Waals surface area contributed by atoms with Gasteiger partial charge in [0.15, 0.2) is 0 Å². The van der Waals surface area contributed by atoms with E-state index in [0.717, 1.165) is 5.75 Å². The molecule has 1 atom stereocenters. The van der Waals surface area contributed by atoms with Gasteiger partial charge in [-0.2, -0.15) is 11.8 Å². The fourth-order valence-corrected chi connectivity index (χ4v) is 1.37. The zero-order chi connectivity index (χ0) is 8.27. The summed E-state index contributed by atoms with van der Waals surface area (Å²) in [6.45, 7) is 0. The lowest BCUT2D eigenvalue weighted by Crippen LogP contribution is -2.29. The Balaban J connectivity index is 2.34. The molecule has 0 unspecified atom stereocenters. The molecule has 1 aliphatic rings. The molecule has 1 rings (SSSR count). The van der Waals surface area contributed by atoms with Crippen molar-refractivity contribution in [3.05, 3.63) is 0 Å². The maximum absolute atomic E-state index is 10.9. The molecule has 0 aromatic heterocycles. The third kappa shape index (κ3) is 2.11. The number of carbonyl (C=O) groups is 2. The topological polar surface area (TPSA) is 58.2 Å². The molecule has 0 radical (unpaired) electrons. The van der Waals surface area contributed by atoms with Crippen molar-refractivity contribution in [2.75, 3.05) is 12.0 Å². The van der Waals surface area contributed by atoms with Crippen molar-refractivity contribution in [2.24, 2.45) is 0 Å². The number of carbonyl (C=O) groups excluding carboxylic acids is 2. The average molecular weight is 174 g/mol. The largest absolute Gasteiger partial charge is 0.326 e. The molecule has 0 spiro atoms. The highest BCUT2D eigenvalue weighted by Crippen LogP contribution is 2.03. The predicted molar refractivity (Wildman–Crippen MR) is 43.5 cm³/mol. The SMILES string of the molecule is CSCC[C@@H]1NC(=O)NC1=O. The molecule has 1 aliphatic heterocycles. The maximum Gasteiger partial charge on any atom is 0.322 e. The molecular formula is C6H10N2O2S. The Kier molecular flexibility index (Phi) is 2.76. The van der Waals surface area contributed by atoms with E-state index in [-0.39, 0.29) is 18.0 Å². The lowest BCUT2D eigenvalue weighted by atomic mass is 10.2. The van der Waals surface area contributed by atoms with E-state index in [1.807, 2.05) is 6.26 Å². The fraction of sp³-hybridized carbons (Fsp3) is 0.667. The average Bonchev–Trinajstić information content (AvgIpc) is 2.26. The maximum atomic E-state index is 10.9. The molecule has 5 heteroatoms. The lowest BCUT2D eigenvalue weighted by molar-refractivity contribution is -0.120. The van der Waals surface area contributed by atoms with Crippen LogP contribution >= 0.6 is 11.8 Å². The Morgan fingerprint density at radius 3 is 2.73 bits per heavy atom. The van der Waals surface area contributed by atoms with Gasteiger partial charge in [-0.25, -0.2) is 4.79 Å². The summed E-state index contributed by atoms with van der Waals surface area (Å²) in [5.41, 5.74) is 0. The van der Waals surface area contributed by atoms with E-state index in [9.17, 15) is 9.59 Å². The van der Waals surface area contributed by atoms with Gasteiger partial charge in [0.05, 0.1) is 0 Å². The summed E-state index contributed by atoms with van der Waals surface area (Å²) >= 11 is 1.66. The van der Waals surface area contributed by atoms with Gasteiger partial charge in [0.2, 0.25) is 0 Å². The number of hydrogen-bond acceptors (Lipinski definition) is 3. The highest BCUT2D eigenvalue weighted by molar-refractivity contribution is 7.98. The minimum absolute atomic E-state index is 0.205. The van der Waals surface area contributed by atoms with Crippen LogP contribution in [0.2, 0.25) is 0 Å². The number of amides is 3. The van der Waals surface area contributed by atoms with Crippen molar-refractivity contribution in [3.8, 4) is 0 Å². The summed E-state index contributed by atoms with van der Waals surface area (Å²) in [5.74, 6) is 0.683. The summed E-state index contributed by atoms with van der Waals surface area (Å²) in [7, 11) is 0. The first-order valence-corrected chi connectivity index (χ1v) is 4.73. The van der Waals surface area contributed by atoms with Gasteiger partial charge in [0, 0.05) is 0 Å². The van der Waals surface area contributed by atoms with Gasteiger partial charge in [0.1, 0.15) is 6.04 Å². The number of imide groups is 1. The van der Waals surface area contributed by atoms with Gasteiger partial charge in [-0.05, 0) is 18.4 Å². The van der Waals surface area contributed by atoms with Crippen molar-refractivity contribution in [3.63, 3.8) is 0 Å². The van der Waals surface area contributed by atoms with Crippen LogP contribution in [0.3, 0.4) is 0 Å². The molecule has 11 heavy (non-hydrogen) atoms. The van der Waals surface area contributed by atoms with Crippen LogP contribution in [0.15, 0.2) is 0 Å². The molecule has 0 aromatic carbocycles. The Hall–Kier alpha value is -0.710. The molecule has 0 saturated carbocycles. The zero-order valence-electron chi connectivity index (χ0n) is 6.22. The van der Waals surface area contributed by atoms with Crippen molar-refractivity contribution in [1.82, 2.24) is 10.6 Å². The quantitative estimate of drug-likeness (QED) is 0.590. The minimum atomic E-state index is -0.374. The summed E-state index contributed by atoms with van der Waals surface area (Å²) in [4.78, 5) is 21.5. The molecule has 0 aliphatic carbocycles. The molecule has 1 fully saturated rings. The van der Waals surface area contributed by atoms with E-state index in [1.165, 1.54) is 0 Å². The first-order chi connectivity index (χ1) is 5.24. The van der Waals surface area contributed by atoms with Crippen LogP contribution in [0.5, 0.6) is 0 Å². The number of urea groups is 1. The van der Waals surface area contributed by atoms with Crippen LogP contribution in [-0.2, 0) is 4.79 Å². The Labute approximate surface area is 69.1 Å². The molecular weight excluding hydrogens is 164 g/mol. The minimum Gasteiger partial charge on any atom is -0.326 e. The molecule has 4 nitrogen and oxygen atoms in total. The normalized spacial score (nSPS) is 23.2. The second-order valence-corrected chi connectivity index (χ2v) is 3.28. The van der Waals surface area contributed by atoms with Crippen molar-refractivity contribution in [1.29, 1.82) is 0 Å². The van der Waals surface area contributed by atoms with Crippen LogP contribution in [0.25, 0.3) is 0 Å². The second-order valence-electron chi connectivity index (χ2n) is 2.30. The van der Waals surface area contributed by atoms with Crippen molar-refractivity contribution >= 4 is 23.7 Å². The van der Waals surface area contributed by atoms with E-state index in [2.05, 4.69) is 10.6 Å². The van der Waals surface area contributed by atoms with Gasteiger partial charge in [0.25, 0.3) is 5.91 Å². The number of hydrogen-bond donors (Lipinski definition) is 2. The van der Waals surface area contributed by atoms with Crippen molar-refractivity contribution < 1.29 is 9.59 Å². The van der Waals surface area contributed by atoms with E-state index in [4.69, 9.17) is 0 Å². The van der Waals surface area contributed by atoms with Gasteiger partial charge in [-0.15, -0.1) is 0 Å². The Morgan fingerprint density at radius 2 is 2.27 bits per heavy atom. The Bertz CT molecular complexity index is 183. The first-order valence-electron chi connectivity index (χ1n) is 3.34. The Morgan fingerprint density at radius 1 is 1.55 bits per heavy atom. The van der Waals surface area contributed by atoms with Gasteiger partial charge in [-0.1, -0.05) is 0 Å². The second kappa shape index (κ2) is 3.61. The highest BCUT2D eigenvalue weighted by Gasteiger charge is 2.28. The molecule has 3 amide bonds. The first kappa shape index (κ1) is 8.39. The van der Waals surface area contributed by atoms with E-state index < -0.39 is 0 Å². The smallest absolute Gasteiger partial charge is 0.322 e. The van der Waals surface area contributed by atoms with Crippen LogP contribution in [-0.4, -0.2) is 30.0 Å². The summed E-state index contributed by atoms with van der Waals surface area (Å²) in [5, 5.41) is 4.70. The number of nitrogens with one attached hydrogen (secondary N) is 2. The third-order valence-electron chi connectivity index (χ3n) is 1.47. The van der Waals surface area contributed by atoms with E-state index >= 15 is 0 Å². The standard InChI is InChI=1S/C6H10N2O2S/c1-11-3-2-4-5(9)8-6(10)7-4/h4H,2-3H2,1H3,(H2,7,8,9,10)/t4-/m0/s1. The highest BCUT2D eigenvalue weighted by atomic mass is 32.2. The predicted octanol–water partition coefficient (Wildman–Crippen LogP) is -0.0525.